The number of nitrogens with one attached hydrogen (secondary N) is 2. The van der Waals surface area contributed by atoms with Gasteiger partial charge in [0, 0.05) is 16.0 Å². The Kier molecular flexibility index (Phi) is 6.85. The summed E-state index contributed by atoms with van der Waals surface area (Å²) in [4.78, 5) is 24.1. The number of carbonyl (C=O) groups is 2. The summed E-state index contributed by atoms with van der Waals surface area (Å²) in [5.74, 6) is -2.04. The van der Waals surface area contributed by atoms with Crippen LogP contribution in [0.15, 0.2) is 52.9 Å². The van der Waals surface area contributed by atoms with Crippen LogP contribution in [-0.2, 0) is 5.41 Å². The number of aromatic carboxylic acids is 1. The minimum absolute atomic E-state index is 0.0167. The summed E-state index contributed by atoms with van der Waals surface area (Å²) in [5, 5.41) is 36.8. The molecule has 0 unspecified atom stereocenters. The Morgan fingerprint density at radius 1 is 1.06 bits per heavy atom. The smallest absolute Gasteiger partial charge is 0.337 e. The van der Waals surface area contributed by atoms with E-state index in [-0.39, 0.29) is 28.0 Å². The molecule has 0 fully saturated rings. The highest BCUT2D eigenvalue weighted by molar-refractivity contribution is 7.14. The average molecular weight is 467 g/mol. The Hall–Kier alpha value is -3.69. The number of carboxylic acids is 1. The maximum atomic E-state index is 12.9. The minimum Gasteiger partial charge on any atom is -0.871 e. The molecule has 9 heteroatoms. The van der Waals surface area contributed by atoms with Gasteiger partial charge in [-0.25, -0.2) is 10.2 Å². The largest absolute Gasteiger partial charge is 0.871 e. The standard InChI is InChI=1S/C24H25N3O5S/c1-13(25-26-22(29)15-7-10-17(23(30)31)19(11-15)27-32)18-12-33-21(20(18)28)14-5-8-16(9-6-14)24(2,3)4/h5-12,27-28,32H,1-4H3,(H,26,29)(H,30,31)/p-1. The second kappa shape index (κ2) is 9.43. The summed E-state index contributed by atoms with van der Waals surface area (Å²) in [7, 11) is 0. The van der Waals surface area contributed by atoms with Gasteiger partial charge in [-0.15, -0.1) is 11.3 Å². The van der Waals surface area contributed by atoms with Gasteiger partial charge in [0.25, 0.3) is 5.91 Å². The fourth-order valence-electron chi connectivity index (χ4n) is 3.14. The number of hydrogen-bond donors (Lipinski definition) is 4. The number of thiophene rings is 1. The lowest BCUT2D eigenvalue weighted by Gasteiger charge is -2.19. The van der Waals surface area contributed by atoms with Gasteiger partial charge >= 0.3 is 5.97 Å². The Bertz CT molecular complexity index is 1220. The maximum absolute atomic E-state index is 12.9. The van der Waals surface area contributed by atoms with Gasteiger partial charge < -0.3 is 10.2 Å². The van der Waals surface area contributed by atoms with Crippen molar-refractivity contribution in [3.63, 3.8) is 0 Å². The van der Waals surface area contributed by atoms with Gasteiger partial charge in [-0.3, -0.25) is 15.5 Å². The highest BCUT2D eigenvalue weighted by Crippen LogP contribution is 2.37. The lowest BCUT2D eigenvalue weighted by atomic mass is 9.86. The third-order valence-electron chi connectivity index (χ3n) is 5.11. The van der Waals surface area contributed by atoms with Crippen molar-refractivity contribution in [1.29, 1.82) is 0 Å². The van der Waals surface area contributed by atoms with Crippen molar-refractivity contribution in [3.8, 4) is 16.2 Å². The predicted molar refractivity (Wildman–Crippen MR) is 126 cm³/mol. The van der Waals surface area contributed by atoms with Crippen LogP contribution >= 0.6 is 11.3 Å². The van der Waals surface area contributed by atoms with Gasteiger partial charge in [-0.05, 0) is 47.0 Å². The molecule has 0 aliphatic heterocycles. The quantitative estimate of drug-likeness (QED) is 0.313. The molecular formula is C24H24N3O5S-. The predicted octanol–water partition coefficient (Wildman–Crippen LogP) is 4.44. The van der Waals surface area contributed by atoms with Gasteiger partial charge in [0.1, 0.15) is 0 Å². The molecule has 0 spiro atoms. The number of hydrazone groups is 1. The van der Waals surface area contributed by atoms with Gasteiger partial charge in [0.15, 0.2) is 0 Å². The number of amides is 1. The molecule has 1 heterocycles. The monoisotopic (exact) mass is 466 g/mol. The van der Waals surface area contributed by atoms with Crippen LogP contribution in [0.5, 0.6) is 5.75 Å². The van der Waals surface area contributed by atoms with Crippen LogP contribution in [0.25, 0.3) is 10.4 Å². The summed E-state index contributed by atoms with van der Waals surface area (Å²) < 4.78 is 0. The molecule has 1 aromatic heterocycles. The fraction of sp³-hybridized carbons (Fsp3) is 0.208. The molecule has 0 bridgehead atoms. The van der Waals surface area contributed by atoms with E-state index < -0.39 is 11.9 Å². The molecular weight excluding hydrogens is 442 g/mol. The maximum Gasteiger partial charge on any atom is 0.337 e. The Labute approximate surface area is 195 Å². The first kappa shape index (κ1) is 24.0. The van der Waals surface area contributed by atoms with E-state index >= 15 is 0 Å². The van der Waals surface area contributed by atoms with Crippen molar-refractivity contribution in [2.24, 2.45) is 5.10 Å². The topological polar surface area (TPSA) is 134 Å². The Morgan fingerprint density at radius 3 is 2.30 bits per heavy atom. The third kappa shape index (κ3) is 5.21. The summed E-state index contributed by atoms with van der Waals surface area (Å²) in [6.45, 7) is 7.99. The number of benzene rings is 2. The van der Waals surface area contributed by atoms with E-state index in [9.17, 15) is 14.7 Å². The van der Waals surface area contributed by atoms with Crippen LogP contribution < -0.4 is 16.0 Å². The highest BCUT2D eigenvalue weighted by atomic mass is 32.1. The SMILES string of the molecule is CC(=NNC(=O)c1ccc(C(=O)O)c(NO)c1)c1csc(-c2ccc(C(C)(C)C)cc2)c1[O-]. The first-order valence-corrected chi connectivity index (χ1v) is 10.9. The van der Waals surface area contributed by atoms with Crippen molar-refractivity contribution >= 4 is 34.6 Å². The molecule has 33 heavy (non-hydrogen) atoms. The Balaban J connectivity index is 1.79. The molecule has 1 amide bonds. The molecule has 8 nitrogen and oxygen atoms in total. The summed E-state index contributed by atoms with van der Waals surface area (Å²) in [6.07, 6.45) is 0. The van der Waals surface area contributed by atoms with Crippen molar-refractivity contribution in [1.82, 2.24) is 5.43 Å². The zero-order valence-corrected chi connectivity index (χ0v) is 19.4. The second-order valence-electron chi connectivity index (χ2n) is 8.45. The molecule has 0 atom stereocenters. The van der Waals surface area contributed by atoms with Gasteiger partial charge in [-0.2, -0.15) is 5.10 Å². The molecule has 3 aromatic rings. The van der Waals surface area contributed by atoms with Crippen LogP contribution in [0.1, 0.15) is 59.5 Å². The first-order valence-electron chi connectivity index (χ1n) is 10.0. The highest BCUT2D eigenvalue weighted by Gasteiger charge is 2.16. The van der Waals surface area contributed by atoms with Gasteiger partial charge in [0.2, 0.25) is 0 Å². The van der Waals surface area contributed by atoms with Crippen molar-refractivity contribution in [3.05, 3.63) is 70.1 Å². The minimum atomic E-state index is -1.25. The number of rotatable bonds is 6. The van der Waals surface area contributed by atoms with Crippen LogP contribution in [0, 0.1) is 0 Å². The summed E-state index contributed by atoms with van der Waals surface area (Å²) in [5.41, 5.74) is 6.62. The lowest BCUT2D eigenvalue weighted by Crippen LogP contribution is -2.20. The number of anilines is 1. The number of carboxylic acid groups (broad SMARTS) is 1. The van der Waals surface area contributed by atoms with Crippen LogP contribution in [0.2, 0.25) is 0 Å². The van der Waals surface area contributed by atoms with Crippen molar-refractivity contribution in [2.75, 3.05) is 5.48 Å². The Morgan fingerprint density at radius 2 is 1.73 bits per heavy atom. The molecule has 0 saturated carbocycles. The third-order valence-corrected chi connectivity index (χ3v) is 6.12. The molecule has 0 saturated heterocycles. The average Bonchev–Trinajstić information content (AvgIpc) is 3.17. The molecule has 0 aliphatic carbocycles. The molecule has 0 radical (unpaired) electrons. The van der Waals surface area contributed by atoms with Crippen LogP contribution in [0.3, 0.4) is 0 Å². The van der Waals surface area contributed by atoms with Crippen LogP contribution in [-0.4, -0.2) is 27.9 Å². The van der Waals surface area contributed by atoms with Crippen molar-refractivity contribution in [2.45, 2.75) is 33.1 Å². The van der Waals surface area contributed by atoms with Gasteiger partial charge in [0.05, 0.1) is 17.0 Å². The number of nitrogens with zero attached hydrogens (tertiary/aromatic N) is 1. The second-order valence-corrected chi connectivity index (χ2v) is 9.33. The van der Waals surface area contributed by atoms with E-state index in [0.29, 0.717) is 16.2 Å². The molecule has 3 rings (SSSR count). The molecule has 172 valence electrons. The van der Waals surface area contributed by atoms with E-state index in [1.54, 1.807) is 17.8 Å². The molecule has 2 aromatic carbocycles. The van der Waals surface area contributed by atoms with E-state index in [1.165, 1.54) is 35.1 Å². The van der Waals surface area contributed by atoms with Crippen molar-refractivity contribution < 1.29 is 25.0 Å². The van der Waals surface area contributed by atoms with E-state index in [0.717, 1.165) is 5.56 Å². The van der Waals surface area contributed by atoms with Gasteiger partial charge in [-0.1, -0.05) is 50.8 Å². The zero-order chi connectivity index (χ0) is 24.3. The first-order chi connectivity index (χ1) is 15.5. The van der Waals surface area contributed by atoms with E-state index in [1.807, 2.05) is 24.3 Å². The van der Waals surface area contributed by atoms with Crippen LogP contribution in [0.4, 0.5) is 5.69 Å². The fourth-order valence-corrected chi connectivity index (χ4v) is 4.14. The number of carbonyl (C=O) groups excluding carboxylic acids is 1. The normalized spacial score (nSPS) is 11.8. The zero-order valence-electron chi connectivity index (χ0n) is 18.6. The molecule has 0 aliphatic rings. The van der Waals surface area contributed by atoms with E-state index in [4.69, 9.17) is 10.3 Å². The summed E-state index contributed by atoms with van der Waals surface area (Å²) in [6, 6.07) is 11.6. The summed E-state index contributed by atoms with van der Waals surface area (Å²) >= 11 is 1.31. The number of hydrogen-bond acceptors (Lipinski definition) is 7. The molecule has 4 N–H and O–H groups in total. The van der Waals surface area contributed by atoms with E-state index in [2.05, 4.69) is 31.3 Å². The lowest BCUT2D eigenvalue weighted by molar-refractivity contribution is -0.267.